The molecule has 3 heterocycles. The summed E-state index contributed by atoms with van der Waals surface area (Å²) in [6.07, 6.45) is 3.55. The number of aryl methyl sites for hydroxylation is 1. The van der Waals surface area contributed by atoms with E-state index in [9.17, 15) is 9.18 Å². The standard InChI is InChI=1S/C28H20FN5OS/c1-17-10-12-18(13-11-17)27-32-34-25(30)22(26(35)31-28(34)36-27)14-20-16-33(24-9-5-3-7-21(20)24)15-19-6-2-4-8-23(19)29/h2-14,16,30H,15H2,1H3/b22-14-,30-25?. The van der Waals surface area contributed by atoms with Crippen LogP contribution in [0, 0.1) is 18.2 Å². The molecule has 4 aromatic rings. The first-order chi connectivity index (χ1) is 17.5. The number of hydrogen-bond donors (Lipinski definition) is 1. The Labute approximate surface area is 211 Å². The summed E-state index contributed by atoms with van der Waals surface area (Å²) < 4.78 is 16.3. The van der Waals surface area contributed by atoms with Crippen molar-refractivity contribution in [2.24, 2.45) is 10.1 Å². The third-order valence-corrected chi connectivity index (χ3v) is 7.13. The Morgan fingerprint density at radius 2 is 1.78 bits per heavy atom. The number of hydrazone groups is 1. The van der Waals surface area contributed by atoms with E-state index in [1.807, 2.05) is 72.3 Å². The number of carbonyl (C=O) groups excluding carboxylic acids is 1. The van der Waals surface area contributed by atoms with Crippen LogP contribution in [-0.4, -0.2) is 31.5 Å². The molecule has 0 aliphatic carbocycles. The molecule has 0 bridgehead atoms. The number of thioether (sulfide) groups is 1. The first kappa shape index (κ1) is 22.2. The van der Waals surface area contributed by atoms with Gasteiger partial charge in [-0.3, -0.25) is 10.2 Å². The Morgan fingerprint density at radius 3 is 2.58 bits per heavy atom. The molecule has 0 saturated carbocycles. The number of amidine groups is 2. The van der Waals surface area contributed by atoms with Gasteiger partial charge in [-0.05, 0) is 36.9 Å². The van der Waals surface area contributed by atoms with Gasteiger partial charge in [-0.25, -0.2) is 4.39 Å². The van der Waals surface area contributed by atoms with Crippen LogP contribution in [0.3, 0.4) is 0 Å². The first-order valence-electron chi connectivity index (χ1n) is 11.4. The van der Waals surface area contributed by atoms with Crippen LogP contribution in [0.15, 0.2) is 94.7 Å². The molecule has 0 spiro atoms. The van der Waals surface area contributed by atoms with Gasteiger partial charge in [0, 0.05) is 33.8 Å². The fourth-order valence-electron chi connectivity index (χ4n) is 4.29. The van der Waals surface area contributed by atoms with Crippen molar-refractivity contribution in [3.05, 3.63) is 113 Å². The minimum atomic E-state index is -0.481. The highest BCUT2D eigenvalue weighted by Gasteiger charge is 2.36. The van der Waals surface area contributed by atoms with Crippen LogP contribution >= 0.6 is 11.8 Å². The molecule has 0 unspecified atom stereocenters. The molecule has 1 N–H and O–H groups in total. The highest BCUT2D eigenvalue weighted by Crippen LogP contribution is 2.32. The van der Waals surface area contributed by atoms with Crippen molar-refractivity contribution in [2.75, 3.05) is 0 Å². The molecule has 0 fully saturated rings. The van der Waals surface area contributed by atoms with E-state index in [-0.39, 0.29) is 17.2 Å². The van der Waals surface area contributed by atoms with Crippen LogP contribution in [0.2, 0.25) is 0 Å². The van der Waals surface area contributed by atoms with Gasteiger partial charge in [0.05, 0.1) is 12.1 Å². The van der Waals surface area contributed by atoms with Gasteiger partial charge in [0.15, 0.2) is 5.84 Å². The molecule has 0 saturated heterocycles. The lowest BCUT2D eigenvalue weighted by molar-refractivity contribution is -0.114. The van der Waals surface area contributed by atoms with Crippen LogP contribution < -0.4 is 0 Å². The summed E-state index contributed by atoms with van der Waals surface area (Å²) in [6, 6.07) is 22.3. The Bertz CT molecular complexity index is 1650. The van der Waals surface area contributed by atoms with Gasteiger partial charge >= 0.3 is 0 Å². The van der Waals surface area contributed by atoms with Gasteiger partial charge in [0.2, 0.25) is 5.17 Å². The first-order valence-corrected chi connectivity index (χ1v) is 12.2. The number of amides is 1. The summed E-state index contributed by atoms with van der Waals surface area (Å²) in [6.45, 7) is 2.36. The zero-order valence-electron chi connectivity index (χ0n) is 19.3. The van der Waals surface area contributed by atoms with Crippen molar-refractivity contribution in [2.45, 2.75) is 13.5 Å². The molecule has 2 aliphatic rings. The molecule has 1 aromatic heterocycles. The SMILES string of the molecule is Cc1ccc(C2=NN3C(=N)/C(=C/c4cn(Cc5ccccc5F)c5ccccc45)C(=O)N=C3S2)cc1. The highest BCUT2D eigenvalue weighted by molar-refractivity contribution is 8.27. The second-order valence-corrected chi connectivity index (χ2v) is 9.57. The smallest absolute Gasteiger partial charge is 0.283 e. The van der Waals surface area contributed by atoms with Crippen molar-refractivity contribution in [1.82, 2.24) is 9.58 Å². The lowest BCUT2D eigenvalue weighted by Gasteiger charge is -2.20. The quantitative estimate of drug-likeness (QED) is 0.365. The van der Waals surface area contributed by atoms with Gasteiger partial charge in [-0.15, -0.1) is 0 Å². The number of carbonyl (C=O) groups is 1. The van der Waals surface area contributed by atoms with Crippen molar-refractivity contribution in [3.63, 3.8) is 0 Å². The molecule has 6 rings (SSSR count). The molecular weight excluding hydrogens is 473 g/mol. The Kier molecular flexibility index (Phi) is 5.38. The predicted octanol–water partition coefficient (Wildman–Crippen LogP) is 5.80. The maximum atomic E-state index is 14.3. The molecule has 176 valence electrons. The molecular formula is C28H20FN5OS. The number of nitrogens with zero attached hydrogens (tertiary/aromatic N) is 4. The molecule has 2 aliphatic heterocycles. The highest BCUT2D eigenvalue weighted by atomic mass is 32.2. The summed E-state index contributed by atoms with van der Waals surface area (Å²) >= 11 is 1.28. The second-order valence-electron chi connectivity index (χ2n) is 8.61. The molecule has 0 atom stereocenters. The monoisotopic (exact) mass is 493 g/mol. The largest absolute Gasteiger partial charge is 0.342 e. The third-order valence-electron chi connectivity index (χ3n) is 6.17. The van der Waals surface area contributed by atoms with E-state index < -0.39 is 5.91 Å². The number of aliphatic imine (C=N–C) groups is 1. The average molecular weight is 494 g/mol. The summed E-state index contributed by atoms with van der Waals surface area (Å²) in [5.41, 5.74) is 4.43. The molecule has 3 aromatic carbocycles. The lowest BCUT2D eigenvalue weighted by atomic mass is 10.1. The minimum Gasteiger partial charge on any atom is -0.342 e. The summed E-state index contributed by atoms with van der Waals surface area (Å²) in [7, 11) is 0. The van der Waals surface area contributed by atoms with Crippen LogP contribution in [0.5, 0.6) is 0 Å². The van der Waals surface area contributed by atoms with E-state index in [2.05, 4.69) is 10.1 Å². The molecule has 8 heteroatoms. The van der Waals surface area contributed by atoms with Crippen LogP contribution in [0.1, 0.15) is 22.3 Å². The number of para-hydroxylation sites is 1. The van der Waals surface area contributed by atoms with Crippen LogP contribution in [0.25, 0.3) is 17.0 Å². The van der Waals surface area contributed by atoms with Crippen molar-refractivity contribution in [1.29, 1.82) is 5.41 Å². The van der Waals surface area contributed by atoms with Gasteiger partial charge < -0.3 is 4.57 Å². The number of hydrogen-bond acceptors (Lipinski definition) is 4. The zero-order valence-corrected chi connectivity index (χ0v) is 20.1. The molecule has 36 heavy (non-hydrogen) atoms. The van der Waals surface area contributed by atoms with E-state index in [1.165, 1.54) is 22.8 Å². The maximum Gasteiger partial charge on any atom is 0.283 e. The Morgan fingerprint density at radius 1 is 1.03 bits per heavy atom. The molecule has 6 nitrogen and oxygen atoms in total. The number of rotatable bonds is 4. The number of aromatic nitrogens is 1. The number of halogens is 1. The van der Waals surface area contributed by atoms with E-state index in [1.54, 1.807) is 18.2 Å². The number of fused-ring (bicyclic) bond motifs is 2. The summed E-state index contributed by atoms with van der Waals surface area (Å²) in [5, 5.41) is 16.7. The third kappa shape index (κ3) is 3.85. The fraction of sp³-hybridized carbons (Fsp3) is 0.0714. The maximum absolute atomic E-state index is 14.3. The van der Waals surface area contributed by atoms with Gasteiger partial charge in [0.1, 0.15) is 10.9 Å². The number of benzene rings is 3. The second kappa shape index (κ2) is 8.73. The van der Waals surface area contributed by atoms with Gasteiger partial charge in [-0.2, -0.15) is 15.1 Å². The summed E-state index contributed by atoms with van der Waals surface area (Å²) in [5.74, 6) is -0.773. The van der Waals surface area contributed by atoms with Crippen molar-refractivity contribution >= 4 is 50.7 Å². The van der Waals surface area contributed by atoms with Crippen molar-refractivity contribution in [3.8, 4) is 0 Å². The minimum absolute atomic E-state index is 0.0226. The average Bonchev–Trinajstić information content (AvgIpc) is 3.46. The summed E-state index contributed by atoms with van der Waals surface area (Å²) in [4.78, 5) is 17.2. The lowest BCUT2D eigenvalue weighted by Crippen LogP contribution is -2.35. The van der Waals surface area contributed by atoms with E-state index in [0.717, 1.165) is 27.6 Å². The Hall–Kier alpha value is -4.30. The molecule has 1 amide bonds. The van der Waals surface area contributed by atoms with Crippen LogP contribution in [-0.2, 0) is 11.3 Å². The fourth-order valence-corrected chi connectivity index (χ4v) is 5.19. The van der Waals surface area contributed by atoms with E-state index >= 15 is 0 Å². The zero-order chi connectivity index (χ0) is 24.8. The molecule has 0 radical (unpaired) electrons. The van der Waals surface area contributed by atoms with E-state index in [4.69, 9.17) is 5.41 Å². The van der Waals surface area contributed by atoms with Crippen molar-refractivity contribution < 1.29 is 9.18 Å². The normalized spacial score (nSPS) is 16.5. The van der Waals surface area contributed by atoms with E-state index in [0.29, 0.717) is 22.3 Å². The number of nitrogens with one attached hydrogen (secondary N) is 1. The Balaban J connectivity index is 1.38. The predicted molar refractivity (Wildman–Crippen MR) is 143 cm³/mol. The van der Waals surface area contributed by atoms with Gasteiger partial charge in [-0.1, -0.05) is 66.2 Å². The topological polar surface area (TPSA) is 73.8 Å². The van der Waals surface area contributed by atoms with Gasteiger partial charge in [0.25, 0.3) is 5.91 Å². The van der Waals surface area contributed by atoms with Crippen LogP contribution in [0.4, 0.5) is 4.39 Å².